The SMILES string of the molecule is FC(F)Sc1ccccc1NCc1ccc2cc[nH]c2c1. The molecule has 0 saturated heterocycles. The van der Waals surface area contributed by atoms with Gasteiger partial charge in [0, 0.05) is 28.8 Å². The van der Waals surface area contributed by atoms with Gasteiger partial charge in [0.2, 0.25) is 0 Å². The maximum absolute atomic E-state index is 12.5. The number of para-hydroxylation sites is 1. The highest BCUT2D eigenvalue weighted by Crippen LogP contribution is 2.31. The van der Waals surface area contributed by atoms with Gasteiger partial charge in [-0.05, 0) is 35.2 Å². The van der Waals surface area contributed by atoms with Crippen LogP contribution in [0.3, 0.4) is 0 Å². The number of rotatable bonds is 5. The van der Waals surface area contributed by atoms with Crippen LogP contribution in [0.15, 0.2) is 59.6 Å². The zero-order chi connectivity index (χ0) is 14.7. The molecular weight excluding hydrogens is 290 g/mol. The first-order chi connectivity index (χ1) is 10.2. The summed E-state index contributed by atoms with van der Waals surface area (Å²) >= 11 is 0.562. The Kier molecular flexibility index (Phi) is 4.10. The molecule has 2 nitrogen and oxygen atoms in total. The minimum atomic E-state index is -2.41. The minimum Gasteiger partial charge on any atom is -0.380 e. The number of aromatic amines is 1. The molecule has 3 rings (SSSR count). The van der Waals surface area contributed by atoms with E-state index in [0.29, 0.717) is 23.2 Å². The molecule has 0 unspecified atom stereocenters. The van der Waals surface area contributed by atoms with Crippen molar-refractivity contribution in [2.24, 2.45) is 0 Å². The molecule has 3 aromatic rings. The van der Waals surface area contributed by atoms with Crippen LogP contribution in [0, 0.1) is 0 Å². The Morgan fingerprint density at radius 2 is 1.95 bits per heavy atom. The van der Waals surface area contributed by atoms with Gasteiger partial charge in [-0.2, -0.15) is 8.78 Å². The molecule has 0 atom stereocenters. The van der Waals surface area contributed by atoms with Crippen molar-refractivity contribution in [2.75, 3.05) is 5.32 Å². The minimum absolute atomic E-state index is 0.562. The van der Waals surface area contributed by atoms with Gasteiger partial charge in [0.25, 0.3) is 5.76 Å². The molecule has 1 heterocycles. The number of fused-ring (bicyclic) bond motifs is 1. The summed E-state index contributed by atoms with van der Waals surface area (Å²) in [7, 11) is 0. The van der Waals surface area contributed by atoms with Crippen molar-refractivity contribution < 1.29 is 8.78 Å². The summed E-state index contributed by atoms with van der Waals surface area (Å²) in [6, 6.07) is 15.3. The van der Waals surface area contributed by atoms with Crippen molar-refractivity contribution in [3.63, 3.8) is 0 Å². The van der Waals surface area contributed by atoms with Gasteiger partial charge in [-0.3, -0.25) is 0 Å². The molecule has 0 aliphatic carbocycles. The summed E-state index contributed by atoms with van der Waals surface area (Å²) in [6.07, 6.45) is 1.90. The van der Waals surface area contributed by atoms with E-state index in [2.05, 4.69) is 16.4 Å². The van der Waals surface area contributed by atoms with Crippen molar-refractivity contribution in [3.05, 3.63) is 60.3 Å². The fraction of sp³-hybridized carbons (Fsp3) is 0.125. The number of halogens is 2. The number of aromatic nitrogens is 1. The van der Waals surface area contributed by atoms with Crippen LogP contribution in [0.5, 0.6) is 0 Å². The standard InChI is InChI=1S/C16H14F2N2S/c17-16(18)21-15-4-2-1-3-13(15)20-10-11-5-6-12-7-8-19-14(12)9-11/h1-9,16,19-20H,10H2. The summed E-state index contributed by atoms with van der Waals surface area (Å²) in [5.41, 5.74) is 2.90. The lowest BCUT2D eigenvalue weighted by atomic mass is 10.1. The lowest BCUT2D eigenvalue weighted by Gasteiger charge is -2.11. The molecule has 2 aromatic carbocycles. The summed E-state index contributed by atoms with van der Waals surface area (Å²) in [4.78, 5) is 3.73. The summed E-state index contributed by atoms with van der Waals surface area (Å²) in [6.45, 7) is 0.593. The average Bonchev–Trinajstić information content (AvgIpc) is 2.93. The number of alkyl halides is 2. The third kappa shape index (κ3) is 3.36. The van der Waals surface area contributed by atoms with Crippen molar-refractivity contribution >= 4 is 28.4 Å². The maximum atomic E-state index is 12.5. The molecule has 0 saturated carbocycles. The Morgan fingerprint density at radius 1 is 1.10 bits per heavy atom. The van der Waals surface area contributed by atoms with Gasteiger partial charge in [0.15, 0.2) is 0 Å². The molecular formula is C16H14F2N2S. The predicted octanol–water partition coefficient (Wildman–Crippen LogP) is 5.09. The third-order valence-electron chi connectivity index (χ3n) is 3.21. The second-order valence-corrected chi connectivity index (χ2v) is 5.66. The van der Waals surface area contributed by atoms with Crippen molar-refractivity contribution in [1.82, 2.24) is 4.98 Å². The zero-order valence-corrected chi connectivity index (χ0v) is 12.0. The number of benzene rings is 2. The van der Waals surface area contributed by atoms with Crippen LogP contribution in [-0.2, 0) is 6.54 Å². The fourth-order valence-corrected chi connectivity index (χ4v) is 2.83. The Morgan fingerprint density at radius 3 is 2.81 bits per heavy atom. The van der Waals surface area contributed by atoms with Crippen LogP contribution in [0.25, 0.3) is 10.9 Å². The van der Waals surface area contributed by atoms with Crippen LogP contribution >= 0.6 is 11.8 Å². The van der Waals surface area contributed by atoms with Crippen LogP contribution in [0.1, 0.15) is 5.56 Å². The lowest BCUT2D eigenvalue weighted by Crippen LogP contribution is -2.01. The average molecular weight is 304 g/mol. The molecule has 21 heavy (non-hydrogen) atoms. The first kappa shape index (κ1) is 13.9. The van der Waals surface area contributed by atoms with Gasteiger partial charge in [-0.15, -0.1) is 0 Å². The highest BCUT2D eigenvalue weighted by molar-refractivity contribution is 7.99. The van der Waals surface area contributed by atoms with Gasteiger partial charge < -0.3 is 10.3 Å². The monoisotopic (exact) mass is 304 g/mol. The quantitative estimate of drug-likeness (QED) is 0.642. The number of nitrogens with one attached hydrogen (secondary N) is 2. The number of anilines is 1. The maximum Gasteiger partial charge on any atom is 0.288 e. The number of hydrogen-bond acceptors (Lipinski definition) is 2. The fourth-order valence-electron chi connectivity index (χ4n) is 2.21. The van der Waals surface area contributed by atoms with Gasteiger partial charge in [0.1, 0.15) is 0 Å². The molecule has 1 aromatic heterocycles. The van der Waals surface area contributed by atoms with E-state index < -0.39 is 5.76 Å². The summed E-state index contributed by atoms with van der Waals surface area (Å²) in [5, 5.41) is 4.38. The first-order valence-electron chi connectivity index (χ1n) is 6.56. The van der Waals surface area contributed by atoms with E-state index in [-0.39, 0.29) is 0 Å². The number of hydrogen-bond donors (Lipinski definition) is 2. The Hall–Kier alpha value is -2.01. The molecule has 0 fully saturated rings. The largest absolute Gasteiger partial charge is 0.380 e. The van der Waals surface area contributed by atoms with E-state index in [1.54, 1.807) is 12.1 Å². The first-order valence-corrected chi connectivity index (χ1v) is 7.44. The molecule has 5 heteroatoms. The molecule has 0 bridgehead atoms. The van der Waals surface area contributed by atoms with Crippen LogP contribution in [0.2, 0.25) is 0 Å². The number of thioether (sulfide) groups is 1. The van der Waals surface area contributed by atoms with Crippen LogP contribution in [0.4, 0.5) is 14.5 Å². The van der Waals surface area contributed by atoms with E-state index >= 15 is 0 Å². The van der Waals surface area contributed by atoms with E-state index in [9.17, 15) is 8.78 Å². The van der Waals surface area contributed by atoms with Crippen molar-refractivity contribution in [2.45, 2.75) is 17.2 Å². The molecule has 0 aliphatic heterocycles. The Bertz CT molecular complexity index is 740. The molecule has 0 radical (unpaired) electrons. The molecule has 2 N–H and O–H groups in total. The van der Waals surface area contributed by atoms with Gasteiger partial charge >= 0.3 is 0 Å². The smallest absolute Gasteiger partial charge is 0.288 e. The van der Waals surface area contributed by atoms with Crippen LogP contribution in [-0.4, -0.2) is 10.7 Å². The molecule has 0 amide bonds. The van der Waals surface area contributed by atoms with Crippen molar-refractivity contribution in [1.29, 1.82) is 0 Å². The molecule has 108 valence electrons. The normalized spacial score (nSPS) is 11.2. The second-order valence-electron chi connectivity index (χ2n) is 4.63. The van der Waals surface area contributed by atoms with E-state index in [1.165, 1.54) is 0 Å². The predicted molar refractivity (Wildman–Crippen MR) is 83.9 cm³/mol. The third-order valence-corrected chi connectivity index (χ3v) is 3.99. The zero-order valence-electron chi connectivity index (χ0n) is 11.1. The second kappa shape index (κ2) is 6.18. The van der Waals surface area contributed by atoms with Gasteiger partial charge in [-0.25, -0.2) is 0 Å². The van der Waals surface area contributed by atoms with Crippen molar-refractivity contribution in [3.8, 4) is 0 Å². The van der Waals surface area contributed by atoms with E-state index in [0.717, 1.165) is 22.2 Å². The number of H-pyrrole nitrogens is 1. The van der Waals surface area contributed by atoms with Gasteiger partial charge in [-0.1, -0.05) is 36.0 Å². The van der Waals surface area contributed by atoms with E-state index in [4.69, 9.17) is 0 Å². The summed E-state index contributed by atoms with van der Waals surface area (Å²) in [5.74, 6) is -2.41. The Labute approximate surface area is 125 Å². The molecule has 0 spiro atoms. The molecule has 0 aliphatic rings. The van der Waals surface area contributed by atoms with E-state index in [1.807, 2.05) is 36.5 Å². The highest BCUT2D eigenvalue weighted by atomic mass is 32.2. The topological polar surface area (TPSA) is 27.8 Å². The highest BCUT2D eigenvalue weighted by Gasteiger charge is 2.09. The Balaban J connectivity index is 1.74. The van der Waals surface area contributed by atoms with Crippen LogP contribution < -0.4 is 5.32 Å². The summed E-state index contributed by atoms with van der Waals surface area (Å²) < 4.78 is 25.1. The lowest BCUT2D eigenvalue weighted by molar-refractivity contribution is 0.252. The van der Waals surface area contributed by atoms with Gasteiger partial charge in [0.05, 0.1) is 0 Å².